The first-order valence-corrected chi connectivity index (χ1v) is 10.2. The summed E-state index contributed by atoms with van der Waals surface area (Å²) in [5, 5.41) is 5.88. The van der Waals surface area contributed by atoms with Gasteiger partial charge in [0, 0.05) is 31.9 Å². The summed E-state index contributed by atoms with van der Waals surface area (Å²) in [7, 11) is 0. The van der Waals surface area contributed by atoms with Crippen molar-refractivity contribution in [2.45, 2.75) is 19.9 Å². The summed E-state index contributed by atoms with van der Waals surface area (Å²) in [4.78, 5) is 28.8. The fraction of sp³-hybridized carbons (Fsp3) is 0.391. The van der Waals surface area contributed by atoms with Crippen molar-refractivity contribution in [3.05, 3.63) is 65.5 Å². The average Bonchev–Trinajstić information content (AvgIpc) is 2.71. The third-order valence-electron chi connectivity index (χ3n) is 5.28. The lowest BCUT2D eigenvalue weighted by Crippen LogP contribution is -2.51. The molecule has 0 aromatic heterocycles. The number of aryl methyl sites for hydroxylation is 1. The molecule has 0 spiro atoms. The number of carbonyl (C=O) groups excluding carboxylic acids is 2. The van der Waals surface area contributed by atoms with Crippen LogP contribution in [0.1, 0.15) is 24.1 Å². The van der Waals surface area contributed by atoms with Crippen molar-refractivity contribution in [1.82, 2.24) is 15.1 Å². The van der Waals surface area contributed by atoms with E-state index in [1.165, 1.54) is 12.1 Å². The number of rotatable bonds is 7. The van der Waals surface area contributed by atoms with Crippen LogP contribution in [0.2, 0.25) is 0 Å². The maximum Gasteiger partial charge on any atom is 0.238 e. The monoisotopic (exact) mass is 412 g/mol. The molecule has 1 heterocycles. The fourth-order valence-electron chi connectivity index (χ4n) is 3.47. The zero-order chi connectivity index (χ0) is 21.5. The summed E-state index contributed by atoms with van der Waals surface area (Å²) in [5.74, 6) is -0.377. The van der Waals surface area contributed by atoms with Gasteiger partial charge in [-0.25, -0.2) is 4.39 Å². The molecule has 0 radical (unpaired) electrons. The van der Waals surface area contributed by atoms with E-state index in [9.17, 15) is 14.0 Å². The molecular weight excluding hydrogens is 383 g/mol. The molecular formula is C23H29FN4O2. The van der Waals surface area contributed by atoms with Gasteiger partial charge in [0.15, 0.2) is 0 Å². The topological polar surface area (TPSA) is 64.7 Å². The van der Waals surface area contributed by atoms with E-state index in [1.807, 2.05) is 38.1 Å². The normalized spacial score (nSPS) is 16.1. The molecule has 160 valence electrons. The number of nitrogens with zero attached hydrogens (tertiary/aromatic N) is 2. The number of carbonyl (C=O) groups is 2. The summed E-state index contributed by atoms with van der Waals surface area (Å²) in [6.07, 6.45) is 0. The average molecular weight is 413 g/mol. The van der Waals surface area contributed by atoms with Gasteiger partial charge in [-0.3, -0.25) is 19.4 Å². The minimum Gasteiger partial charge on any atom is -0.348 e. The summed E-state index contributed by atoms with van der Waals surface area (Å²) in [5.41, 5.74) is 2.82. The van der Waals surface area contributed by atoms with Crippen LogP contribution >= 0.6 is 0 Å². The highest BCUT2D eigenvalue weighted by atomic mass is 19.1. The Labute approximate surface area is 177 Å². The zero-order valence-corrected chi connectivity index (χ0v) is 17.5. The number of benzene rings is 2. The molecule has 1 fully saturated rings. The first kappa shape index (κ1) is 21.9. The van der Waals surface area contributed by atoms with Crippen molar-refractivity contribution in [2.75, 3.05) is 44.6 Å². The molecule has 7 heteroatoms. The van der Waals surface area contributed by atoms with Gasteiger partial charge in [0.25, 0.3) is 0 Å². The molecule has 0 bridgehead atoms. The molecule has 0 unspecified atom stereocenters. The van der Waals surface area contributed by atoms with Crippen LogP contribution in [0, 0.1) is 12.7 Å². The predicted molar refractivity (Wildman–Crippen MR) is 116 cm³/mol. The third kappa shape index (κ3) is 6.64. The minimum atomic E-state index is -0.289. The Morgan fingerprint density at radius 2 is 1.43 bits per heavy atom. The lowest BCUT2D eigenvalue weighted by molar-refractivity contribution is -0.124. The van der Waals surface area contributed by atoms with Crippen molar-refractivity contribution in [3.8, 4) is 0 Å². The highest BCUT2D eigenvalue weighted by molar-refractivity contribution is 5.92. The number of piperazine rings is 1. The minimum absolute atomic E-state index is 0.0295. The lowest BCUT2D eigenvalue weighted by atomic mass is 10.1. The molecule has 2 amide bonds. The summed E-state index contributed by atoms with van der Waals surface area (Å²) in [6.45, 7) is 7.49. The number of amides is 2. The van der Waals surface area contributed by atoms with Crippen molar-refractivity contribution in [3.63, 3.8) is 0 Å². The van der Waals surface area contributed by atoms with Crippen LogP contribution in [0.3, 0.4) is 0 Å². The van der Waals surface area contributed by atoms with E-state index < -0.39 is 0 Å². The first-order chi connectivity index (χ1) is 14.4. The van der Waals surface area contributed by atoms with E-state index in [2.05, 4.69) is 20.4 Å². The molecule has 2 aromatic carbocycles. The van der Waals surface area contributed by atoms with Gasteiger partial charge in [-0.05, 0) is 43.7 Å². The van der Waals surface area contributed by atoms with Gasteiger partial charge >= 0.3 is 0 Å². The second-order valence-corrected chi connectivity index (χ2v) is 7.81. The van der Waals surface area contributed by atoms with Crippen LogP contribution in [-0.2, 0) is 9.59 Å². The van der Waals surface area contributed by atoms with Crippen LogP contribution < -0.4 is 10.6 Å². The van der Waals surface area contributed by atoms with Crippen molar-refractivity contribution in [2.24, 2.45) is 0 Å². The predicted octanol–water partition coefficient (Wildman–Crippen LogP) is 2.57. The number of hydrogen-bond donors (Lipinski definition) is 2. The Balaban J connectivity index is 1.37. The zero-order valence-electron chi connectivity index (χ0n) is 17.5. The highest BCUT2D eigenvalue weighted by Gasteiger charge is 2.21. The summed E-state index contributed by atoms with van der Waals surface area (Å²) in [6, 6.07) is 13.7. The van der Waals surface area contributed by atoms with E-state index in [0.29, 0.717) is 13.1 Å². The van der Waals surface area contributed by atoms with Crippen molar-refractivity contribution in [1.29, 1.82) is 0 Å². The van der Waals surface area contributed by atoms with E-state index in [-0.39, 0.29) is 23.7 Å². The Kier molecular flexibility index (Phi) is 7.54. The molecule has 0 saturated carbocycles. The van der Waals surface area contributed by atoms with E-state index >= 15 is 0 Å². The van der Waals surface area contributed by atoms with Crippen LogP contribution in [0.25, 0.3) is 0 Å². The first-order valence-electron chi connectivity index (χ1n) is 10.2. The SMILES string of the molecule is Cc1ccc(NC(=O)CN2CCN(CC(=O)N[C@H](C)c3ccc(F)cc3)CC2)cc1. The highest BCUT2D eigenvalue weighted by Crippen LogP contribution is 2.13. The van der Waals surface area contributed by atoms with Crippen molar-refractivity contribution < 1.29 is 14.0 Å². The smallest absolute Gasteiger partial charge is 0.238 e. The van der Waals surface area contributed by atoms with Gasteiger partial charge in [-0.15, -0.1) is 0 Å². The molecule has 1 saturated heterocycles. The molecule has 1 atom stereocenters. The molecule has 3 rings (SSSR count). The second kappa shape index (κ2) is 10.3. The van der Waals surface area contributed by atoms with E-state index in [4.69, 9.17) is 0 Å². The molecule has 1 aliphatic heterocycles. The van der Waals surface area contributed by atoms with Crippen LogP contribution in [0.5, 0.6) is 0 Å². The lowest BCUT2D eigenvalue weighted by Gasteiger charge is -2.34. The number of hydrogen-bond acceptors (Lipinski definition) is 4. The van der Waals surface area contributed by atoms with Gasteiger partial charge < -0.3 is 10.6 Å². The number of anilines is 1. The van der Waals surface area contributed by atoms with E-state index in [0.717, 1.165) is 43.0 Å². The quantitative estimate of drug-likeness (QED) is 0.734. The van der Waals surface area contributed by atoms with Crippen LogP contribution in [0.4, 0.5) is 10.1 Å². The van der Waals surface area contributed by atoms with Crippen LogP contribution in [-0.4, -0.2) is 60.9 Å². The molecule has 30 heavy (non-hydrogen) atoms. The van der Waals surface area contributed by atoms with Gasteiger partial charge in [0.2, 0.25) is 11.8 Å². The van der Waals surface area contributed by atoms with Gasteiger partial charge in [-0.2, -0.15) is 0 Å². The van der Waals surface area contributed by atoms with Crippen LogP contribution in [0.15, 0.2) is 48.5 Å². The maximum absolute atomic E-state index is 13.0. The molecule has 1 aliphatic rings. The van der Waals surface area contributed by atoms with E-state index in [1.54, 1.807) is 12.1 Å². The fourth-order valence-corrected chi connectivity index (χ4v) is 3.47. The largest absolute Gasteiger partial charge is 0.348 e. The number of nitrogens with one attached hydrogen (secondary N) is 2. The molecule has 6 nitrogen and oxygen atoms in total. The third-order valence-corrected chi connectivity index (χ3v) is 5.28. The molecule has 2 N–H and O–H groups in total. The Morgan fingerprint density at radius 1 is 0.900 bits per heavy atom. The Morgan fingerprint density at radius 3 is 2.00 bits per heavy atom. The van der Waals surface area contributed by atoms with Gasteiger partial charge in [0.1, 0.15) is 5.82 Å². The van der Waals surface area contributed by atoms with Gasteiger partial charge in [0.05, 0.1) is 19.1 Å². The Bertz CT molecular complexity index is 847. The molecule has 0 aliphatic carbocycles. The van der Waals surface area contributed by atoms with Gasteiger partial charge in [-0.1, -0.05) is 29.8 Å². The molecule has 2 aromatic rings. The maximum atomic E-state index is 13.0. The summed E-state index contributed by atoms with van der Waals surface area (Å²) >= 11 is 0. The standard InChI is InChI=1S/C23H29FN4O2/c1-17-3-9-21(10-4-17)26-23(30)16-28-13-11-27(12-14-28)15-22(29)25-18(2)19-5-7-20(24)8-6-19/h3-10,18H,11-16H2,1-2H3,(H,25,29)(H,26,30)/t18-/m1/s1. The second-order valence-electron chi connectivity index (χ2n) is 7.81. The number of halogens is 1. The summed E-state index contributed by atoms with van der Waals surface area (Å²) < 4.78 is 13.0. The van der Waals surface area contributed by atoms with Crippen molar-refractivity contribution >= 4 is 17.5 Å². The Hall–Kier alpha value is -2.77.